The molecule has 0 radical (unpaired) electrons. The average molecular weight is 484 g/mol. The maximum absolute atomic E-state index is 12.8. The van der Waals surface area contributed by atoms with Crippen molar-refractivity contribution in [2.45, 2.75) is 26.2 Å². The number of carbonyl (C=O) groups is 1. The number of benzene rings is 2. The Hall–Kier alpha value is -4.20. The fraction of sp³-hybridized carbons (Fsp3) is 0.286. The van der Waals surface area contributed by atoms with Gasteiger partial charge < -0.3 is 20.4 Å². The van der Waals surface area contributed by atoms with E-state index in [2.05, 4.69) is 36.4 Å². The molecule has 2 heterocycles. The van der Waals surface area contributed by atoms with Gasteiger partial charge in [0.15, 0.2) is 0 Å². The number of pyridine rings is 1. The molecule has 0 saturated carbocycles. The van der Waals surface area contributed by atoms with Gasteiger partial charge in [-0.1, -0.05) is 39.0 Å². The van der Waals surface area contributed by atoms with Crippen LogP contribution in [0.3, 0.4) is 0 Å². The van der Waals surface area contributed by atoms with E-state index in [1.54, 1.807) is 11.1 Å². The van der Waals surface area contributed by atoms with Crippen LogP contribution in [-0.2, 0) is 5.41 Å². The number of amides is 2. The summed E-state index contributed by atoms with van der Waals surface area (Å²) in [6.07, 6.45) is 1.71. The number of nitrogens with one attached hydrogen (secondary N) is 2. The molecule has 5 rings (SSSR count). The molecule has 0 bridgehead atoms. The summed E-state index contributed by atoms with van der Waals surface area (Å²) in [5, 5.41) is 6.99. The van der Waals surface area contributed by atoms with Gasteiger partial charge in [-0.3, -0.25) is 14.6 Å². The van der Waals surface area contributed by atoms with Crippen LogP contribution in [0.15, 0.2) is 70.4 Å². The summed E-state index contributed by atoms with van der Waals surface area (Å²) in [4.78, 5) is 45.7. The van der Waals surface area contributed by atoms with Crippen LogP contribution < -0.4 is 26.4 Å². The summed E-state index contributed by atoms with van der Waals surface area (Å²) in [6, 6.07) is 17.1. The van der Waals surface area contributed by atoms with Crippen LogP contribution >= 0.6 is 0 Å². The van der Waals surface area contributed by atoms with E-state index < -0.39 is 10.9 Å². The van der Waals surface area contributed by atoms with Gasteiger partial charge in [0.25, 0.3) is 10.9 Å². The predicted octanol–water partition coefficient (Wildman–Crippen LogP) is 4.23. The van der Waals surface area contributed by atoms with Crippen molar-refractivity contribution >= 4 is 39.7 Å². The first kappa shape index (κ1) is 23.5. The summed E-state index contributed by atoms with van der Waals surface area (Å²) < 4.78 is 0. The summed E-state index contributed by atoms with van der Waals surface area (Å²) in [5.74, 6) is 0. The SMILES string of the molecule is CC(C)(C)c1ccc(NC(=O)N2CCN(c3c(Nc4cccc5ncccc45)c(=O)c3=O)CC2)cc1. The van der Waals surface area contributed by atoms with Gasteiger partial charge in [0.05, 0.1) is 5.52 Å². The van der Waals surface area contributed by atoms with E-state index in [9.17, 15) is 14.4 Å². The predicted molar refractivity (Wildman–Crippen MR) is 144 cm³/mol. The van der Waals surface area contributed by atoms with Crippen molar-refractivity contribution < 1.29 is 4.79 Å². The van der Waals surface area contributed by atoms with E-state index in [0.717, 1.165) is 22.3 Å². The zero-order chi connectivity index (χ0) is 25.4. The third-order valence-electron chi connectivity index (χ3n) is 6.68. The molecule has 1 aliphatic heterocycles. The van der Waals surface area contributed by atoms with Crippen molar-refractivity contribution in [3.63, 3.8) is 0 Å². The van der Waals surface area contributed by atoms with Crippen LogP contribution in [0, 0.1) is 0 Å². The molecule has 0 aliphatic carbocycles. The van der Waals surface area contributed by atoms with Crippen LogP contribution in [-0.4, -0.2) is 42.1 Å². The van der Waals surface area contributed by atoms with E-state index in [-0.39, 0.29) is 11.4 Å². The minimum Gasteiger partial charge on any atom is -0.363 e. The molecular formula is C28H29N5O3. The molecule has 4 aromatic rings. The van der Waals surface area contributed by atoms with Crippen molar-refractivity contribution in [1.82, 2.24) is 9.88 Å². The number of urea groups is 1. The van der Waals surface area contributed by atoms with Crippen molar-refractivity contribution in [3.8, 4) is 0 Å². The van der Waals surface area contributed by atoms with Crippen molar-refractivity contribution in [1.29, 1.82) is 0 Å². The van der Waals surface area contributed by atoms with Gasteiger partial charge in [-0.2, -0.15) is 0 Å². The highest BCUT2D eigenvalue weighted by molar-refractivity contribution is 5.95. The zero-order valence-corrected chi connectivity index (χ0v) is 20.7. The van der Waals surface area contributed by atoms with Crippen molar-refractivity contribution in [3.05, 3.63) is 86.8 Å². The highest BCUT2D eigenvalue weighted by Crippen LogP contribution is 2.29. The minimum atomic E-state index is -0.523. The molecule has 1 fully saturated rings. The molecule has 0 spiro atoms. The Kier molecular flexibility index (Phi) is 5.96. The normalized spacial score (nSPS) is 14.3. The first-order valence-electron chi connectivity index (χ1n) is 12.1. The molecule has 2 N–H and O–H groups in total. The van der Waals surface area contributed by atoms with Crippen molar-refractivity contribution in [2.75, 3.05) is 41.7 Å². The first-order valence-corrected chi connectivity index (χ1v) is 12.1. The van der Waals surface area contributed by atoms with E-state index in [1.165, 1.54) is 5.56 Å². The number of anilines is 4. The quantitative estimate of drug-likeness (QED) is 0.422. The molecule has 184 valence electrons. The fourth-order valence-electron chi connectivity index (χ4n) is 4.53. The van der Waals surface area contributed by atoms with Gasteiger partial charge in [0.2, 0.25) is 0 Å². The molecule has 8 nitrogen and oxygen atoms in total. The smallest absolute Gasteiger partial charge is 0.321 e. The number of fused-ring (bicyclic) bond motifs is 1. The van der Waals surface area contributed by atoms with Crippen LogP contribution in [0.25, 0.3) is 10.9 Å². The summed E-state index contributed by atoms with van der Waals surface area (Å²) >= 11 is 0. The van der Waals surface area contributed by atoms with Gasteiger partial charge in [-0.15, -0.1) is 0 Å². The fourth-order valence-corrected chi connectivity index (χ4v) is 4.53. The first-order chi connectivity index (χ1) is 17.2. The highest BCUT2D eigenvalue weighted by atomic mass is 16.2. The Balaban J connectivity index is 1.25. The zero-order valence-electron chi connectivity index (χ0n) is 20.7. The topological polar surface area (TPSA) is 94.6 Å². The van der Waals surface area contributed by atoms with Crippen molar-refractivity contribution in [2.24, 2.45) is 0 Å². The lowest BCUT2D eigenvalue weighted by molar-refractivity contribution is 0.208. The number of aromatic nitrogens is 1. The second-order valence-corrected chi connectivity index (χ2v) is 10.1. The van der Waals surface area contributed by atoms with Gasteiger partial charge >= 0.3 is 6.03 Å². The van der Waals surface area contributed by atoms with Gasteiger partial charge in [0.1, 0.15) is 11.4 Å². The number of hydrogen-bond donors (Lipinski definition) is 2. The Morgan fingerprint density at radius 3 is 2.31 bits per heavy atom. The Bertz CT molecular complexity index is 1480. The van der Waals surface area contributed by atoms with Gasteiger partial charge in [-0.25, -0.2) is 4.79 Å². The third-order valence-corrected chi connectivity index (χ3v) is 6.68. The summed E-state index contributed by atoms with van der Waals surface area (Å²) in [5.41, 5.74) is 3.19. The lowest BCUT2D eigenvalue weighted by Crippen LogP contribution is -2.53. The largest absolute Gasteiger partial charge is 0.363 e. The van der Waals surface area contributed by atoms with Crippen LogP contribution in [0.1, 0.15) is 26.3 Å². The molecule has 36 heavy (non-hydrogen) atoms. The standard InChI is InChI=1S/C28H29N5O3/c1-28(2,3)18-9-11-19(12-10-18)30-27(36)33-16-14-32(15-17-33)24-23(25(34)26(24)35)31-22-8-4-7-21-20(22)6-5-13-29-21/h4-13,31H,14-17H2,1-3H3,(H,30,36). The molecule has 0 atom stereocenters. The molecule has 1 aliphatic rings. The van der Waals surface area contributed by atoms with E-state index in [4.69, 9.17) is 0 Å². The van der Waals surface area contributed by atoms with Crippen LogP contribution in [0.2, 0.25) is 0 Å². The lowest BCUT2D eigenvalue weighted by atomic mass is 9.87. The van der Waals surface area contributed by atoms with Crippen LogP contribution in [0.4, 0.5) is 27.5 Å². The number of carbonyl (C=O) groups excluding carboxylic acids is 1. The lowest BCUT2D eigenvalue weighted by Gasteiger charge is -2.37. The highest BCUT2D eigenvalue weighted by Gasteiger charge is 2.30. The molecule has 1 aromatic heterocycles. The molecule has 3 aromatic carbocycles. The number of rotatable bonds is 4. The van der Waals surface area contributed by atoms with Gasteiger partial charge in [-0.05, 0) is 47.4 Å². The Morgan fingerprint density at radius 2 is 1.61 bits per heavy atom. The van der Waals surface area contributed by atoms with Gasteiger partial charge in [0, 0.05) is 49.1 Å². The average Bonchev–Trinajstić information content (AvgIpc) is 2.88. The minimum absolute atomic E-state index is 0.0477. The van der Waals surface area contributed by atoms with Crippen LogP contribution in [0.5, 0.6) is 0 Å². The van der Waals surface area contributed by atoms with E-state index in [0.29, 0.717) is 37.6 Å². The molecule has 1 saturated heterocycles. The Labute approximate surface area is 209 Å². The maximum Gasteiger partial charge on any atom is 0.321 e. The number of nitrogens with zero attached hydrogens (tertiary/aromatic N) is 3. The molecule has 0 unspecified atom stereocenters. The monoisotopic (exact) mass is 483 g/mol. The summed E-state index contributed by atoms with van der Waals surface area (Å²) in [6.45, 7) is 8.27. The summed E-state index contributed by atoms with van der Waals surface area (Å²) in [7, 11) is 0. The second kappa shape index (κ2) is 9.11. The molecule has 8 heteroatoms. The van der Waals surface area contributed by atoms with E-state index >= 15 is 0 Å². The third kappa shape index (κ3) is 4.42. The Morgan fingerprint density at radius 1 is 0.889 bits per heavy atom. The number of hydrogen-bond acceptors (Lipinski definition) is 6. The maximum atomic E-state index is 12.8. The van der Waals surface area contributed by atoms with E-state index in [1.807, 2.05) is 59.5 Å². The number of piperazine rings is 1. The molecule has 2 amide bonds. The molecular weight excluding hydrogens is 454 g/mol. The second-order valence-electron chi connectivity index (χ2n) is 10.1.